The highest BCUT2D eigenvalue weighted by Crippen LogP contribution is 2.13. The molecule has 0 saturated carbocycles. The number of nitrogens with zero attached hydrogens (tertiary/aromatic N) is 4. The number of amides is 1. The van der Waals surface area contributed by atoms with Crippen LogP contribution in [-0.4, -0.2) is 32.3 Å². The Balaban J connectivity index is 1.50. The molecule has 3 rings (SSSR count). The normalized spacial score (nSPS) is 11.1. The Kier molecular flexibility index (Phi) is 3.75. The average Bonchev–Trinajstić information content (AvgIpc) is 3.10. The highest BCUT2D eigenvalue weighted by atomic mass is 32.1. The molecule has 0 fully saturated rings. The van der Waals surface area contributed by atoms with Crippen LogP contribution in [-0.2, 0) is 17.6 Å². The van der Waals surface area contributed by atoms with E-state index in [0.717, 1.165) is 20.7 Å². The molecule has 0 aromatic carbocycles. The Bertz CT molecular complexity index is 715. The molecule has 6 nitrogen and oxygen atoms in total. The van der Waals surface area contributed by atoms with Gasteiger partial charge in [-0.25, -0.2) is 0 Å². The molecular formula is C12H13N5OS2. The molecule has 3 aromatic heterocycles. The van der Waals surface area contributed by atoms with Crippen molar-refractivity contribution in [2.45, 2.75) is 19.8 Å². The van der Waals surface area contributed by atoms with Gasteiger partial charge in [-0.3, -0.25) is 4.79 Å². The highest BCUT2D eigenvalue weighted by molar-refractivity contribution is 7.16. The van der Waals surface area contributed by atoms with Gasteiger partial charge < -0.3 is 5.32 Å². The molecule has 8 heteroatoms. The van der Waals surface area contributed by atoms with Crippen molar-refractivity contribution in [1.29, 1.82) is 0 Å². The average molecular weight is 307 g/mol. The van der Waals surface area contributed by atoms with Gasteiger partial charge in [0.15, 0.2) is 5.82 Å². The third-order valence-electron chi connectivity index (χ3n) is 2.76. The molecule has 0 radical (unpaired) electrons. The fourth-order valence-corrected chi connectivity index (χ4v) is 3.38. The molecule has 0 spiro atoms. The summed E-state index contributed by atoms with van der Waals surface area (Å²) in [6.45, 7) is 2.46. The first-order valence-corrected chi connectivity index (χ1v) is 7.89. The van der Waals surface area contributed by atoms with Gasteiger partial charge in [0.2, 0.25) is 10.9 Å². The molecule has 1 N–H and O–H groups in total. The Labute approximate surface area is 123 Å². The first kappa shape index (κ1) is 13.2. The molecule has 3 heterocycles. The summed E-state index contributed by atoms with van der Waals surface area (Å²) < 4.78 is 1.73. The maximum Gasteiger partial charge on any atom is 0.234 e. The predicted octanol–water partition coefficient (Wildman–Crippen LogP) is 1.46. The van der Waals surface area contributed by atoms with Gasteiger partial charge in [-0.2, -0.15) is 9.61 Å². The Hall–Kier alpha value is -1.80. The second-order valence-electron chi connectivity index (χ2n) is 4.29. The summed E-state index contributed by atoms with van der Waals surface area (Å²) in [6.07, 6.45) is 1.16. The highest BCUT2D eigenvalue weighted by Gasteiger charge is 2.09. The van der Waals surface area contributed by atoms with E-state index in [1.807, 2.05) is 24.4 Å². The van der Waals surface area contributed by atoms with Crippen LogP contribution in [0, 0.1) is 6.92 Å². The monoisotopic (exact) mass is 307 g/mol. The van der Waals surface area contributed by atoms with Crippen molar-refractivity contribution in [3.05, 3.63) is 33.2 Å². The lowest BCUT2D eigenvalue weighted by Crippen LogP contribution is -2.26. The van der Waals surface area contributed by atoms with Crippen molar-refractivity contribution in [2.24, 2.45) is 0 Å². The van der Waals surface area contributed by atoms with Gasteiger partial charge in [-0.15, -0.1) is 21.5 Å². The van der Waals surface area contributed by atoms with E-state index < -0.39 is 0 Å². The third-order valence-corrected chi connectivity index (χ3v) is 4.60. The molecule has 1 amide bonds. The zero-order chi connectivity index (χ0) is 13.9. The largest absolute Gasteiger partial charge is 0.355 e. The van der Waals surface area contributed by atoms with Crippen molar-refractivity contribution < 1.29 is 4.79 Å². The summed E-state index contributed by atoms with van der Waals surface area (Å²) in [7, 11) is 0. The molecule has 0 aliphatic heterocycles. The van der Waals surface area contributed by atoms with Crippen molar-refractivity contribution in [1.82, 2.24) is 25.1 Å². The van der Waals surface area contributed by atoms with E-state index in [0.29, 0.717) is 19.4 Å². The molecule has 0 unspecified atom stereocenters. The predicted molar refractivity (Wildman–Crippen MR) is 78.1 cm³/mol. The van der Waals surface area contributed by atoms with Crippen molar-refractivity contribution in [3.63, 3.8) is 0 Å². The van der Waals surface area contributed by atoms with Crippen LogP contribution < -0.4 is 5.32 Å². The minimum absolute atomic E-state index is 0.0478. The number of carbonyl (C=O) groups is 1. The van der Waals surface area contributed by atoms with E-state index in [4.69, 9.17) is 0 Å². The standard InChI is InChI=1S/C12H13N5OS2/c1-8-14-15-12-17(8)16-11(20-12)4-5-13-10(18)7-9-3-2-6-19-9/h2-3,6H,4-5,7H2,1H3,(H,13,18). The first-order valence-electron chi connectivity index (χ1n) is 6.19. The zero-order valence-electron chi connectivity index (χ0n) is 10.9. The van der Waals surface area contributed by atoms with Gasteiger partial charge in [0.1, 0.15) is 5.01 Å². The molecule has 0 aliphatic rings. The van der Waals surface area contributed by atoms with E-state index in [9.17, 15) is 4.79 Å². The molecule has 0 aliphatic carbocycles. The Morgan fingerprint density at radius 1 is 1.45 bits per heavy atom. The molecule has 0 bridgehead atoms. The van der Waals surface area contributed by atoms with E-state index in [-0.39, 0.29) is 5.91 Å². The van der Waals surface area contributed by atoms with Crippen LogP contribution in [0.1, 0.15) is 15.7 Å². The first-order chi connectivity index (χ1) is 9.72. The Morgan fingerprint density at radius 3 is 3.10 bits per heavy atom. The molecule has 104 valence electrons. The lowest BCUT2D eigenvalue weighted by Gasteiger charge is -2.02. The number of aromatic nitrogens is 4. The van der Waals surface area contributed by atoms with E-state index >= 15 is 0 Å². The molecule has 0 atom stereocenters. The zero-order valence-corrected chi connectivity index (χ0v) is 12.5. The number of carbonyl (C=O) groups excluding carboxylic acids is 1. The number of hydrogen-bond donors (Lipinski definition) is 1. The Morgan fingerprint density at radius 2 is 2.35 bits per heavy atom. The lowest BCUT2D eigenvalue weighted by atomic mass is 10.3. The number of hydrogen-bond acceptors (Lipinski definition) is 6. The van der Waals surface area contributed by atoms with Gasteiger partial charge in [0, 0.05) is 17.8 Å². The maximum absolute atomic E-state index is 11.7. The molecule has 3 aromatic rings. The van der Waals surface area contributed by atoms with Gasteiger partial charge in [0.25, 0.3) is 0 Å². The second kappa shape index (κ2) is 5.68. The molecule has 20 heavy (non-hydrogen) atoms. The number of rotatable bonds is 5. The van der Waals surface area contributed by atoms with Crippen LogP contribution >= 0.6 is 22.7 Å². The van der Waals surface area contributed by atoms with E-state index in [2.05, 4.69) is 20.6 Å². The van der Waals surface area contributed by atoms with Crippen LogP contribution in [0.15, 0.2) is 17.5 Å². The number of aryl methyl sites for hydroxylation is 1. The lowest BCUT2D eigenvalue weighted by molar-refractivity contribution is -0.120. The molecule has 0 saturated heterocycles. The van der Waals surface area contributed by atoms with Crippen LogP contribution in [0.2, 0.25) is 0 Å². The van der Waals surface area contributed by atoms with Crippen LogP contribution in [0.5, 0.6) is 0 Å². The summed E-state index contributed by atoms with van der Waals surface area (Å²) in [6, 6.07) is 3.92. The topological polar surface area (TPSA) is 72.2 Å². The summed E-state index contributed by atoms with van der Waals surface area (Å²) in [5.41, 5.74) is 0. The minimum atomic E-state index is 0.0478. The third kappa shape index (κ3) is 2.86. The fraction of sp³-hybridized carbons (Fsp3) is 0.333. The smallest absolute Gasteiger partial charge is 0.234 e. The summed E-state index contributed by atoms with van der Waals surface area (Å²) >= 11 is 3.10. The summed E-state index contributed by atoms with van der Waals surface area (Å²) in [5, 5.41) is 18.2. The van der Waals surface area contributed by atoms with Crippen molar-refractivity contribution in [3.8, 4) is 0 Å². The SMILES string of the molecule is Cc1nnc2sc(CCNC(=O)Cc3cccs3)nn12. The number of fused-ring (bicyclic) bond motifs is 1. The number of thiophene rings is 1. The van der Waals surface area contributed by atoms with Gasteiger partial charge in [-0.1, -0.05) is 17.4 Å². The van der Waals surface area contributed by atoms with Crippen molar-refractivity contribution >= 4 is 33.5 Å². The maximum atomic E-state index is 11.7. The van der Waals surface area contributed by atoms with Crippen molar-refractivity contribution in [2.75, 3.05) is 6.54 Å². The second-order valence-corrected chi connectivity index (χ2v) is 6.37. The fourth-order valence-electron chi connectivity index (χ4n) is 1.80. The van der Waals surface area contributed by atoms with Crippen LogP contribution in [0.4, 0.5) is 0 Å². The quantitative estimate of drug-likeness (QED) is 0.774. The van der Waals surface area contributed by atoms with Gasteiger partial charge in [-0.05, 0) is 18.4 Å². The molecular weight excluding hydrogens is 294 g/mol. The summed E-state index contributed by atoms with van der Waals surface area (Å²) in [4.78, 5) is 13.6. The number of nitrogens with one attached hydrogen (secondary N) is 1. The van der Waals surface area contributed by atoms with Gasteiger partial charge in [0.05, 0.1) is 6.42 Å². The summed E-state index contributed by atoms with van der Waals surface area (Å²) in [5.74, 6) is 0.830. The van der Waals surface area contributed by atoms with E-state index in [1.54, 1.807) is 15.9 Å². The van der Waals surface area contributed by atoms with E-state index in [1.165, 1.54) is 11.3 Å². The van der Waals surface area contributed by atoms with Crippen LogP contribution in [0.3, 0.4) is 0 Å². The van der Waals surface area contributed by atoms with Crippen LogP contribution in [0.25, 0.3) is 4.96 Å². The minimum Gasteiger partial charge on any atom is -0.355 e. The van der Waals surface area contributed by atoms with Gasteiger partial charge >= 0.3 is 0 Å².